The molecule has 2 N–H and O–H groups in total. The van der Waals surface area contributed by atoms with Gasteiger partial charge in [0, 0.05) is 22.5 Å². The van der Waals surface area contributed by atoms with Crippen molar-refractivity contribution in [2.45, 2.75) is 6.92 Å². The van der Waals surface area contributed by atoms with Crippen molar-refractivity contribution in [3.63, 3.8) is 0 Å². The van der Waals surface area contributed by atoms with E-state index >= 15 is 0 Å². The Labute approximate surface area is 136 Å². The second-order valence-corrected chi connectivity index (χ2v) is 5.76. The van der Waals surface area contributed by atoms with Gasteiger partial charge >= 0.3 is 0 Å². The van der Waals surface area contributed by atoms with Gasteiger partial charge in [-0.2, -0.15) is 0 Å². The number of aromatic nitrogens is 4. The molecule has 0 spiro atoms. The fraction of sp³-hybridized carbons (Fsp3) is 0.0588. The zero-order chi connectivity index (χ0) is 16.0. The van der Waals surface area contributed by atoms with Crippen LogP contribution in [0.1, 0.15) is 5.69 Å². The quantitative estimate of drug-likeness (QED) is 0.591. The van der Waals surface area contributed by atoms with Gasteiger partial charge in [-0.05, 0) is 31.2 Å². The fourth-order valence-corrected chi connectivity index (χ4v) is 2.90. The van der Waals surface area contributed by atoms with Crippen molar-refractivity contribution >= 4 is 17.2 Å². The maximum absolute atomic E-state index is 12.3. The average molecular weight is 325 g/mol. The van der Waals surface area contributed by atoms with E-state index in [1.165, 1.54) is 0 Å². The van der Waals surface area contributed by atoms with Crippen molar-refractivity contribution in [2.75, 3.05) is 0 Å². The van der Waals surface area contributed by atoms with E-state index in [0.717, 1.165) is 28.3 Å². The number of rotatable bonds is 2. The van der Waals surface area contributed by atoms with Gasteiger partial charge in [0.1, 0.15) is 5.65 Å². The lowest BCUT2D eigenvalue weighted by atomic mass is 10.1. The van der Waals surface area contributed by atoms with E-state index in [-0.39, 0.29) is 5.56 Å². The first-order chi connectivity index (χ1) is 11.1. The van der Waals surface area contributed by atoms with Gasteiger partial charge in [-0.15, -0.1) is 0 Å². The molecule has 5 nitrogen and oxygen atoms in total. The topological polar surface area (TPSA) is 66.0 Å². The molecule has 0 amide bonds. The molecule has 0 saturated heterocycles. The third-order valence-corrected chi connectivity index (χ3v) is 4.10. The van der Waals surface area contributed by atoms with Crippen LogP contribution in [0.5, 0.6) is 0 Å². The fourth-order valence-electron chi connectivity index (χ4n) is 2.77. The molecule has 0 saturated carbocycles. The summed E-state index contributed by atoms with van der Waals surface area (Å²) in [7, 11) is 0. The molecule has 0 aliphatic heterocycles. The van der Waals surface area contributed by atoms with Gasteiger partial charge in [0.25, 0.3) is 5.56 Å². The van der Waals surface area contributed by atoms with Gasteiger partial charge in [0.2, 0.25) is 0 Å². The number of pyridine rings is 1. The van der Waals surface area contributed by atoms with E-state index in [1.807, 2.05) is 60.0 Å². The summed E-state index contributed by atoms with van der Waals surface area (Å²) >= 11 is 5.98. The number of aromatic amines is 2. The molecule has 3 heterocycles. The Hall–Kier alpha value is -2.79. The highest BCUT2D eigenvalue weighted by molar-refractivity contribution is 6.30. The largest absolute Gasteiger partial charge is 0.302 e. The molecule has 0 atom stereocenters. The summed E-state index contributed by atoms with van der Waals surface area (Å²) in [4.78, 5) is 17.0. The van der Waals surface area contributed by atoms with E-state index in [4.69, 9.17) is 16.6 Å². The summed E-state index contributed by atoms with van der Waals surface area (Å²) < 4.78 is 1.93. The number of imidazole rings is 1. The molecule has 0 aliphatic rings. The van der Waals surface area contributed by atoms with Gasteiger partial charge in [-0.25, -0.2) is 4.98 Å². The molecule has 4 rings (SSSR count). The summed E-state index contributed by atoms with van der Waals surface area (Å²) in [6.45, 7) is 1.86. The van der Waals surface area contributed by atoms with Gasteiger partial charge in [-0.1, -0.05) is 29.8 Å². The first kappa shape index (κ1) is 13.8. The average Bonchev–Trinajstić information content (AvgIpc) is 3.08. The molecule has 1 aromatic carbocycles. The van der Waals surface area contributed by atoms with E-state index < -0.39 is 0 Å². The molecule has 114 valence electrons. The number of aryl methyl sites for hydroxylation is 1. The Morgan fingerprint density at radius 3 is 2.57 bits per heavy atom. The van der Waals surface area contributed by atoms with Crippen LogP contribution in [0.3, 0.4) is 0 Å². The van der Waals surface area contributed by atoms with Gasteiger partial charge < -0.3 is 5.10 Å². The summed E-state index contributed by atoms with van der Waals surface area (Å²) in [5.41, 5.74) is 4.41. The Balaban J connectivity index is 2.10. The van der Waals surface area contributed by atoms with Crippen LogP contribution in [0.2, 0.25) is 5.02 Å². The van der Waals surface area contributed by atoms with Crippen LogP contribution in [0.15, 0.2) is 53.5 Å². The van der Waals surface area contributed by atoms with Crippen molar-refractivity contribution in [3.05, 3.63) is 69.7 Å². The molecule has 6 heteroatoms. The van der Waals surface area contributed by atoms with Crippen molar-refractivity contribution in [2.24, 2.45) is 0 Å². The lowest BCUT2D eigenvalue weighted by Gasteiger charge is -2.04. The molecule has 0 bridgehead atoms. The minimum Gasteiger partial charge on any atom is -0.302 e. The Kier molecular flexibility index (Phi) is 3.09. The predicted octanol–water partition coefficient (Wildman–Crippen LogP) is 3.65. The maximum Gasteiger partial charge on any atom is 0.273 e. The van der Waals surface area contributed by atoms with Gasteiger partial charge in [0.05, 0.1) is 17.0 Å². The summed E-state index contributed by atoms with van der Waals surface area (Å²) in [6, 6.07) is 13.2. The van der Waals surface area contributed by atoms with E-state index in [0.29, 0.717) is 10.6 Å². The number of nitrogens with one attached hydrogen (secondary N) is 2. The number of benzene rings is 1. The number of halogens is 1. The summed E-state index contributed by atoms with van der Waals surface area (Å²) in [5, 5.41) is 6.17. The predicted molar refractivity (Wildman–Crippen MR) is 90.8 cm³/mol. The molecule has 4 aromatic rings. The van der Waals surface area contributed by atoms with E-state index in [9.17, 15) is 4.79 Å². The zero-order valence-corrected chi connectivity index (χ0v) is 13.1. The van der Waals surface area contributed by atoms with E-state index in [1.54, 1.807) is 0 Å². The number of fused-ring (bicyclic) bond motifs is 1. The van der Waals surface area contributed by atoms with Crippen LogP contribution in [0, 0.1) is 6.92 Å². The molecule has 0 fully saturated rings. The number of hydrogen-bond acceptors (Lipinski definition) is 2. The highest BCUT2D eigenvalue weighted by atomic mass is 35.5. The van der Waals surface area contributed by atoms with Crippen molar-refractivity contribution < 1.29 is 0 Å². The second-order valence-electron chi connectivity index (χ2n) is 5.32. The van der Waals surface area contributed by atoms with E-state index in [2.05, 4.69) is 10.2 Å². The monoisotopic (exact) mass is 324 g/mol. The van der Waals surface area contributed by atoms with Crippen LogP contribution in [0.4, 0.5) is 0 Å². The molecule has 0 unspecified atom stereocenters. The van der Waals surface area contributed by atoms with Crippen LogP contribution in [0.25, 0.3) is 28.2 Å². The third kappa shape index (κ3) is 2.17. The third-order valence-electron chi connectivity index (χ3n) is 3.85. The lowest BCUT2D eigenvalue weighted by Crippen LogP contribution is -2.04. The second kappa shape index (κ2) is 5.14. The molecule has 0 radical (unpaired) electrons. The molecule has 0 aliphatic carbocycles. The molecule has 3 aromatic heterocycles. The van der Waals surface area contributed by atoms with Crippen molar-refractivity contribution in [1.82, 2.24) is 19.6 Å². The standard InChI is InChI=1S/C17H13ClN4O/c1-10-14(17(23)21-20-10)16-15(11-5-7-12(18)8-6-11)19-13-4-2-3-9-22(13)16/h2-9H,1H3,(H2,20,21,23). The zero-order valence-electron chi connectivity index (χ0n) is 12.3. The van der Waals surface area contributed by atoms with Crippen molar-refractivity contribution in [1.29, 1.82) is 0 Å². The van der Waals surface area contributed by atoms with Crippen molar-refractivity contribution in [3.8, 4) is 22.5 Å². The smallest absolute Gasteiger partial charge is 0.273 e. The number of nitrogens with zero attached hydrogens (tertiary/aromatic N) is 2. The van der Waals surface area contributed by atoms with Gasteiger partial charge in [0.15, 0.2) is 0 Å². The number of H-pyrrole nitrogens is 2. The maximum atomic E-state index is 12.3. The highest BCUT2D eigenvalue weighted by Gasteiger charge is 2.20. The Morgan fingerprint density at radius 1 is 1.09 bits per heavy atom. The number of hydrogen-bond donors (Lipinski definition) is 2. The molecular weight excluding hydrogens is 312 g/mol. The van der Waals surface area contributed by atoms with Crippen LogP contribution in [-0.4, -0.2) is 19.6 Å². The summed E-state index contributed by atoms with van der Waals surface area (Å²) in [6.07, 6.45) is 1.91. The Bertz CT molecular complexity index is 1060. The van der Waals surface area contributed by atoms with Crippen LogP contribution >= 0.6 is 11.6 Å². The minimum atomic E-state index is -0.164. The summed E-state index contributed by atoms with van der Waals surface area (Å²) in [5.74, 6) is 0. The Morgan fingerprint density at radius 2 is 1.87 bits per heavy atom. The first-order valence-electron chi connectivity index (χ1n) is 7.16. The first-order valence-corrected chi connectivity index (χ1v) is 7.53. The lowest BCUT2D eigenvalue weighted by molar-refractivity contribution is 1.02. The SMILES string of the molecule is Cc1[nH][nH]c(=O)c1-c1c(-c2ccc(Cl)cc2)nc2ccccn12. The molecular formula is C17H13ClN4O. The van der Waals surface area contributed by atoms with Crippen LogP contribution in [-0.2, 0) is 0 Å². The normalized spacial score (nSPS) is 11.2. The minimum absolute atomic E-state index is 0.164. The van der Waals surface area contributed by atoms with Crippen LogP contribution < -0.4 is 5.56 Å². The molecule has 23 heavy (non-hydrogen) atoms. The highest BCUT2D eigenvalue weighted by Crippen LogP contribution is 2.32. The van der Waals surface area contributed by atoms with Gasteiger partial charge in [-0.3, -0.25) is 14.3 Å².